The summed E-state index contributed by atoms with van der Waals surface area (Å²) in [5.74, 6) is 0. The number of rotatable bonds is 5. The average Bonchev–Trinajstić information content (AvgIpc) is 2.30. The summed E-state index contributed by atoms with van der Waals surface area (Å²) in [4.78, 5) is 7.51. The van der Waals surface area contributed by atoms with Gasteiger partial charge in [-0.3, -0.25) is 4.90 Å². The van der Waals surface area contributed by atoms with E-state index in [2.05, 4.69) is 42.6 Å². The molecule has 0 radical (unpaired) electrons. The fourth-order valence-electron chi connectivity index (χ4n) is 3.17. The van der Waals surface area contributed by atoms with Crippen molar-refractivity contribution in [2.75, 3.05) is 53.4 Å². The molecule has 18 heavy (non-hydrogen) atoms. The van der Waals surface area contributed by atoms with Gasteiger partial charge in [0.2, 0.25) is 0 Å². The molecule has 2 aliphatic rings. The number of hydrogen-bond donors (Lipinski definition) is 0. The summed E-state index contributed by atoms with van der Waals surface area (Å²) < 4.78 is 0. The fraction of sp³-hybridized carbons (Fsp3) is 1.00. The molecular formula is C15H33N3. The molecule has 2 heterocycles. The Balaban J connectivity index is 0.000000771. The van der Waals surface area contributed by atoms with Gasteiger partial charge in [-0.15, -0.1) is 0 Å². The van der Waals surface area contributed by atoms with E-state index >= 15 is 0 Å². The van der Waals surface area contributed by atoms with Gasteiger partial charge in [0.05, 0.1) is 0 Å². The molecule has 108 valence electrons. The van der Waals surface area contributed by atoms with Gasteiger partial charge in [-0.05, 0) is 40.5 Å². The second-order valence-corrected chi connectivity index (χ2v) is 6.11. The maximum Gasteiger partial charge on any atom is 0.0212 e. The van der Waals surface area contributed by atoms with Gasteiger partial charge >= 0.3 is 0 Å². The molecule has 0 saturated carbocycles. The highest BCUT2D eigenvalue weighted by Crippen LogP contribution is 2.39. The van der Waals surface area contributed by atoms with Gasteiger partial charge in [0, 0.05) is 37.6 Å². The van der Waals surface area contributed by atoms with Gasteiger partial charge in [0.15, 0.2) is 0 Å². The Morgan fingerprint density at radius 3 is 2.17 bits per heavy atom. The maximum absolute atomic E-state index is 2.66. The van der Waals surface area contributed by atoms with Crippen LogP contribution in [0.3, 0.4) is 0 Å². The van der Waals surface area contributed by atoms with Crippen molar-refractivity contribution in [2.24, 2.45) is 5.41 Å². The normalized spacial score (nSPS) is 24.2. The van der Waals surface area contributed by atoms with Crippen LogP contribution < -0.4 is 0 Å². The topological polar surface area (TPSA) is 9.72 Å². The molecular weight excluding hydrogens is 222 g/mol. The zero-order valence-electron chi connectivity index (χ0n) is 13.4. The van der Waals surface area contributed by atoms with Crippen molar-refractivity contribution in [1.82, 2.24) is 14.7 Å². The Labute approximate surface area is 114 Å². The van der Waals surface area contributed by atoms with E-state index in [1.54, 1.807) is 0 Å². The summed E-state index contributed by atoms with van der Waals surface area (Å²) in [6, 6.07) is 0.769. The lowest BCUT2D eigenvalue weighted by atomic mass is 9.72. The van der Waals surface area contributed by atoms with Crippen molar-refractivity contribution in [3.63, 3.8) is 0 Å². The van der Waals surface area contributed by atoms with E-state index in [9.17, 15) is 0 Å². The summed E-state index contributed by atoms with van der Waals surface area (Å²) in [7, 11) is 4.44. The molecule has 2 rings (SSSR count). The molecule has 1 atom stereocenters. The van der Waals surface area contributed by atoms with Crippen molar-refractivity contribution in [1.29, 1.82) is 0 Å². The molecule has 2 aliphatic heterocycles. The zero-order chi connectivity index (χ0) is 13.8. The third-order valence-corrected chi connectivity index (χ3v) is 4.38. The summed E-state index contributed by atoms with van der Waals surface area (Å²) >= 11 is 0. The molecule has 0 aromatic rings. The summed E-state index contributed by atoms with van der Waals surface area (Å²) in [5.41, 5.74) is 0.694. The predicted octanol–water partition coefficient (Wildman–Crippen LogP) is 1.99. The molecule has 0 bridgehead atoms. The Bertz CT molecular complexity index is 228. The lowest BCUT2D eigenvalue weighted by Gasteiger charge is -2.61. The van der Waals surface area contributed by atoms with E-state index < -0.39 is 0 Å². The van der Waals surface area contributed by atoms with Crippen LogP contribution in [0.1, 0.15) is 34.1 Å². The van der Waals surface area contributed by atoms with Crippen molar-refractivity contribution in [3.8, 4) is 0 Å². The number of nitrogens with zero attached hydrogens (tertiary/aromatic N) is 3. The molecule has 0 aromatic heterocycles. The SMILES string of the molecule is CC.CCN(C)CCC(C)N1CC2(CN(C)C2)C1. The predicted molar refractivity (Wildman–Crippen MR) is 80.1 cm³/mol. The molecule has 0 N–H and O–H groups in total. The van der Waals surface area contributed by atoms with Crippen molar-refractivity contribution >= 4 is 0 Å². The van der Waals surface area contributed by atoms with Gasteiger partial charge < -0.3 is 9.80 Å². The van der Waals surface area contributed by atoms with Crippen LogP contribution in [0.15, 0.2) is 0 Å². The second-order valence-electron chi connectivity index (χ2n) is 6.11. The quantitative estimate of drug-likeness (QED) is 0.744. The van der Waals surface area contributed by atoms with Crippen LogP contribution >= 0.6 is 0 Å². The first-order valence-corrected chi connectivity index (χ1v) is 7.66. The molecule has 0 aliphatic carbocycles. The third-order valence-electron chi connectivity index (χ3n) is 4.38. The summed E-state index contributed by atoms with van der Waals surface area (Å²) in [6.07, 6.45) is 1.32. The maximum atomic E-state index is 2.66. The minimum Gasteiger partial charge on any atom is -0.307 e. The van der Waals surface area contributed by atoms with E-state index in [1.807, 2.05) is 13.8 Å². The molecule has 3 heteroatoms. The van der Waals surface area contributed by atoms with Gasteiger partial charge in [-0.2, -0.15) is 0 Å². The van der Waals surface area contributed by atoms with Crippen LogP contribution in [0.5, 0.6) is 0 Å². The Hall–Kier alpha value is -0.120. The number of likely N-dealkylation sites (tertiary alicyclic amines) is 2. The summed E-state index contributed by atoms with van der Waals surface area (Å²) in [5, 5.41) is 0. The first kappa shape index (κ1) is 15.9. The largest absolute Gasteiger partial charge is 0.307 e. The molecule has 1 spiro atoms. The average molecular weight is 255 g/mol. The van der Waals surface area contributed by atoms with E-state index in [0.29, 0.717) is 5.41 Å². The van der Waals surface area contributed by atoms with Crippen molar-refractivity contribution < 1.29 is 0 Å². The summed E-state index contributed by atoms with van der Waals surface area (Å²) in [6.45, 7) is 16.4. The van der Waals surface area contributed by atoms with Crippen LogP contribution in [-0.4, -0.2) is 74.1 Å². The number of hydrogen-bond acceptors (Lipinski definition) is 3. The smallest absolute Gasteiger partial charge is 0.0212 e. The highest BCUT2D eigenvalue weighted by Gasteiger charge is 2.50. The first-order chi connectivity index (χ1) is 8.54. The molecule has 0 aromatic carbocycles. The van der Waals surface area contributed by atoms with Crippen LogP contribution in [0.25, 0.3) is 0 Å². The van der Waals surface area contributed by atoms with E-state index in [-0.39, 0.29) is 0 Å². The minimum absolute atomic E-state index is 0.694. The molecule has 2 saturated heterocycles. The first-order valence-electron chi connectivity index (χ1n) is 7.66. The minimum atomic E-state index is 0.694. The zero-order valence-corrected chi connectivity index (χ0v) is 13.4. The Morgan fingerprint density at radius 1 is 1.17 bits per heavy atom. The van der Waals surface area contributed by atoms with E-state index in [0.717, 1.165) is 6.04 Å². The van der Waals surface area contributed by atoms with Crippen molar-refractivity contribution in [2.45, 2.75) is 40.2 Å². The Morgan fingerprint density at radius 2 is 1.72 bits per heavy atom. The monoisotopic (exact) mass is 255 g/mol. The molecule has 1 unspecified atom stereocenters. The molecule has 0 amide bonds. The van der Waals surface area contributed by atoms with Gasteiger partial charge in [0.1, 0.15) is 0 Å². The lowest BCUT2D eigenvalue weighted by Crippen LogP contribution is -2.72. The van der Waals surface area contributed by atoms with Crippen LogP contribution in [0.2, 0.25) is 0 Å². The second kappa shape index (κ2) is 6.88. The van der Waals surface area contributed by atoms with E-state index in [4.69, 9.17) is 0 Å². The van der Waals surface area contributed by atoms with Gasteiger partial charge in [-0.25, -0.2) is 0 Å². The standard InChI is InChI=1S/C13H27N3.C2H6/c1-5-14(3)7-6-12(2)16-10-13(11-16)8-15(4)9-13;1-2/h12H,5-11H2,1-4H3;1-2H3. The Kier molecular flexibility index (Phi) is 6.09. The molecule has 2 fully saturated rings. The van der Waals surface area contributed by atoms with E-state index in [1.165, 1.54) is 45.7 Å². The highest BCUT2D eigenvalue weighted by molar-refractivity contribution is 5.05. The third kappa shape index (κ3) is 3.69. The van der Waals surface area contributed by atoms with Crippen LogP contribution in [0, 0.1) is 5.41 Å². The van der Waals surface area contributed by atoms with Gasteiger partial charge in [-0.1, -0.05) is 20.8 Å². The highest BCUT2D eigenvalue weighted by atomic mass is 15.3. The van der Waals surface area contributed by atoms with Crippen LogP contribution in [-0.2, 0) is 0 Å². The van der Waals surface area contributed by atoms with Gasteiger partial charge in [0.25, 0.3) is 0 Å². The fourth-order valence-corrected chi connectivity index (χ4v) is 3.17. The lowest BCUT2D eigenvalue weighted by molar-refractivity contribution is -0.119. The van der Waals surface area contributed by atoms with Crippen molar-refractivity contribution in [3.05, 3.63) is 0 Å². The molecule has 3 nitrogen and oxygen atoms in total. The van der Waals surface area contributed by atoms with Crippen LogP contribution in [0.4, 0.5) is 0 Å².